The van der Waals surface area contributed by atoms with E-state index >= 15 is 0 Å². The van der Waals surface area contributed by atoms with Crippen molar-refractivity contribution in [3.63, 3.8) is 0 Å². The van der Waals surface area contributed by atoms with Crippen LogP contribution < -0.4 is 5.73 Å². The van der Waals surface area contributed by atoms with Crippen LogP contribution >= 0.6 is 0 Å². The summed E-state index contributed by atoms with van der Waals surface area (Å²) in [6, 6.07) is 8.20. The number of fused-ring (bicyclic) bond motifs is 1. The number of nitrogens with zero attached hydrogens (tertiary/aromatic N) is 1. The Labute approximate surface area is 103 Å². The maximum atomic E-state index is 12.4. The zero-order valence-corrected chi connectivity index (χ0v) is 10.6. The molecule has 3 nitrogen and oxygen atoms in total. The first kappa shape index (κ1) is 12.1. The lowest BCUT2D eigenvalue weighted by atomic mass is 9.92. The molecule has 0 fully saturated rings. The van der Waals surface area contributed by atoms with Gasteiger partial charge in [0.25, 0.3) is 0 Å². The average molecular weight is 232 g/mol. The standard InChI is InChI=1S/C14H20N2O/c1-3-14(15,4-2)13(17)16-9-11-7-5-6-8-12(11)10-16/h5-8H,3-4,9-10,15H2,1-2H3. The maximum Gasteiger partial charge on any atom is 0.243 e. The van der Waals surface area contributed by atoms with Gasteiger partial charge in [0, 0.05) is 13.1 Å². The summed E-state index contributed by atoms with van der Waals surface area (Å²) < 4.78 is 0. The molecule has 0 atom stereocenters. The van der Waals surface area contributed by atoms with Crippen molar-refractivity contribution >= 4 is 5.91 Å². The minimum Gasteiger partial charge on any atom is -0.332 e. The Hall–Kier alpha value is -1.35. The highest BCUT2D eigenvalue weighted by molar-refractivity contribution is 5.86. The highest BCUT2D eigenvalue weighted by Crippen LogP contribution is 2.26. The number of carbonyl (C=O) groups excluding carboxylic acids is 1. The van der Waals surface area contributed by atoms with Crippen LogP contribution in [0.2, 0.25) is 0 Å². The summed E-state index contributed by atoms with van der Waals surface area (Å²) >= 11 is 0. The molecule has 1 heterocycles. The van der Waals surface area contributed by atoms with Crippen LogP contribution in [0.15, 0.2) is 24.3 Å². The number of nitrogens with two attached hydrogens (primary N) is 1. The smallest absolute Gasteiger partial charge is 0.243 e. The van der Waals surface area contributed by atoms with Gasteiger partial charge in [-0.3, -0.25) is 4.79 Å². The Morgan fingerprint density at radius 3 is 2.12 bits per heavy atom. The molecule has 0 aliphatic carbocycles. The lowest BCUT2D eigenvalue weighted by molar-refractivity contribution is -0.138. The molecule has 0 radical (unpaired) electrons. The SMILES string of the molecule is CCC(N)(CC)C(=O)N1Cc2ccccc2C1. The van der Waals surface area contributed by atoms with Crippen LogP contribution in [0.25, 0.3) is 0 Å². The lowest BCUT2D eigenvalue weighted by Gasteiger charge is -2.30. The molecular formula is C14H20N2O. The molecule has 1 aromatic carbocycles. The minimum absolute atomic E-state index is 0.0821. The molecule has 0 bridgehead atoms. The molecular weight excluding hydrogens is 212 g/mol. The first-order valence-corrected chi connectivity index (χ1v) is 6.25. The van der Waals surface area contributed by atoms with Gasteiger partial charge in [0.1, 0.15) is 0 Å². The molecule has 0 aromatic heterocycles. The van der Waals surface area contributed by atoms with Crippen LogP contribution in [0.1, 0.15) is 37.8 Å². The molecule has 1 aromatic rings. The Bertz CT molecular complexity index is 399. The van der Waals surface area contributed by atoms with Crippen molar-refractivity contribution in [2.45, 2.75) is 45.3 Å². The van der Waals surface area contributed by atoms with Gasteiger partial charge < -0.3 is 10.6 Å². The second-order valence-corrected chi connectivity index (χ2v) is 4.79. The molecule has 2 rings (SSSR count). The van der Waals surface area contributed by atoms with Gasteiger partial charge in [-0.1, -0.05) is 38.1 Å². The van der Waals surface area contributed by atoms with Gasteiger partial charge in [-0.05, 0) is 24.0 Å². The average Bonchev–Trinajstić information content (AvgIpc) is 2.80. The molecule has 1 aliphatic rings. The fourth-order valence-corrected chi connectivity index (χ4v) is 2.34. The summed E-state index contributed by atoms with van der Waals surface area (Å²) in [5, 5.41) is 0. The van der Waals surface area contributed by atoms with Crippen LogP contribution in [0.5, 0.6) is 0 Å². The number of amides is 1. The summed E-state index contributed by atoms with van der Waals surface area (Å²) in [4.78, 5) is 14.3. The van der Waals surface area contributed by atoms with Gasteiger partial charge >= 0.3 is 0 Å². The van der Waals surface area contributed by atoms with Crippen molar-refractivity contribution in [1.29, 1.82) is 0 Å². The van der Waals surface area contributed by atoms with E-state index < -0.39 is 5.54 Å². The van der Waals surface area contributed by atoms with Crippen molar-refractivity contribution in [2.75, 3.05) is 0 Å². The largest absolute Gasteiger partial charge is 0.332 e. The monoisotopic (exact) mass is 232 g/mol. The summed E-state index contributed by atoms with van der Waals surface area (Å²) in [6.07, 6.45) is 1.38. The number of carbonyl (C=O) groups is 1. The summed E-state index contributed by atoms with van der Waals surface area (Å²) in [5.41, 5.74) is 7.96. The number of rotatable bonds is 3. The van der Waals surface area contributed by atoms with Crippen molar-refractivity contribution in [3.05, 3.63) is 35.4 Å². The molecule has 0 saturated carbocycles. The fraction of sp³-hybridized carbons (Fsp3) is 0.500. The van der Waals surface area contributed by atoms with E-state index in [9.17, 15) is 4.79 Å². The van der Waals surface area contributed by atoms with Crippen LogP contribution in [-0.4, -0.2) is 16.3 Å². The van der Waals surface area contributed by atoms with Crippen molar-refractivity contribution < 1.29 is 4.79 Å². The van der Waals surface area contributed by atoms with Crippen molar-refractivity contribution in [1.82, 2.24) is 4.90 Å². The Kier molecular flexibility index (Phi) is 3.20. The van der Waals surface area contributed by atoms with Crippen LogP contribution in [0, 0.1) is 0 Å². The van der Waals surface area contributed by atoms with E-state index in [4.69, 9.17) is 5.73 Å². The van der Waals surface area contributed by atoms with Gasteiger partial charge in [0.05, 0.1) is 5.54 Å². The zero-order valence-electron chi connectivity index (χ0n) is 10.6. The normalized spacial score (nSPS) is 14.9. The van der Waals surface area contributed by atoms with Crippen molar-refractivity contribution in [2.24, 2.45) is 5.73 Å². The molecule has 0 saturated heterocycles. The quantitative estimate of drug-likeness (QED) is 0.867. The minimum atomic E-state index is -0.692. The second-order valence-electron chi connectivity index (χ2n) is 4.79. The number of benzene rings is 1. The highest BCUT2D eigenvalue weighted by atomic mass is 16.2. The maximum absolute atomic E-state index is 12.4. The molecule has 0 unspecified atom stereocenters. The van der Waals surface area contributed by atoms with Gasteiger partial charge in [-0.2, -0.15) is 0 Å². The number of hydrogen-bond donors (Lipinski definition) is 1. The van der Waals surface area contributed by atoms with E-state index in [0.717, 1.165) is 0 Å². The lowest BCUT2D eigenvalue weighted by Crippen LogP contribution is -2.53. The fourth-order valence-electron chi connectivity index (χ4n) is 2.34. The van der Waals surface area contributed by atoms with E-state index in [1.807, 2.05) is 30.9 Å². The predicted octanol–water partition coefficient (Wildman–Crippen LogP) is 2.05. The molecule has 1 amide bonds. The topological polar surface area (TPSA) is 46.3 Å². The molecule has 1 aliphatic heterocycles. The van der Waals surface area contributed by atoms with Gasteiger partial charge in [0.2, 0.25) is 5.91 Å². The zero-order chi connectivity index (χ0) is 12.5. The Balaban J connectivity index is 2.16. The Morgan fingerprint density at radius 1 is 1.24 bits per heavy atom. The van der Waals surface area contributed by atoms with Gasteiger partial charge in [-0.25, -0.2) is 0 Å². The van der Waals surface area contributed by atoms with Crippen LogP contribution in [0.4, 0.5) is 0 Å². The molecule has 3 heteroatoms. The third-order valence-corrected chi connectivity index (χ3v) is 3.82. The molecule has 0 spiro atoms. The van der Waals surface area contributed by atoms with Gasteiger partial charge in [0.15, 0.2) is 0 Å². The number of hydrogen-bond acceptors (Lipinski definition) is 2. The summed E-state index contributed by atoms with van der Waals surface area (Å²) in [7, 11) is 0. The van der Waals surface area contributed by atoms with E-state index in [2.05, 4.69) is 12.1 Å². The first-order valence-electron chi connectivity index (χ1n) is 6.25. The van der Waals surface area contributed by atoms with Crippen LogP contribution in [-0.2, 0) is 17.9 Å². The predicted molar refractivity (Wildman–Crippen MR) is 68.2 cm³/mol. The van der Waals surface area contributed by atoms with Crippen molar-refractivity contribution in [3.8, 4) is 0 Å². The van der Waals surface area contributed by atoms with E-state index in [1.54, 1.807) is 0 Å². The van der Waals surface area contributed by atoms with E-state index in [-0.39, 0.29) is 5.91 Å². The summed E-state index contributed by atoms with van der Waals surface area (Å²) in [6.45, 7) is 5.36. The van der Waals surface area contributed by atoms with Gasteiger partial charge in [-0.15, -0.1) is 0 Å². The molecule has 92 valence electrons. The second kappa shape index (κ2) is 4.49. The third kappa shape index (κ3) is 2.07. The summed E-state index contributed by atoms with van der Waals surface area (Å²) in [5.74, 6) is 0.0821. The van der Waals surface area contributed by atoms with E-state index in [1.165, 1.54) is 11.1 Å². The first-order chi connectivity index (χ1) is 8.10. The third-order valence-electron chi connectivity index (χ3n) is 3.82. The van der Waals surface area contributed by atoms with Crippen LogP contribution in [0.3, 0.4) is 0 Å². The van der Waals surface area contributed by atoms with E-state index in [0.29, 0.717) is 25.9 Å². The Morgan fingerprint density at radius 2 is 1.71 bits per heavy atom. The highest BCUT2D eigenvalue weighted by Gasteiger charge is 2.36. The molecule has 17 heavy (non-hydrogen) atoms. The molecule has 2 N–H and O–H groups in total.